The van der Waals surface area contributed by atoms with Crippen molar-refractivity contribution in [1.29, 1.82) is 0 Å². The summed E-state index contributed by atoms with van der Waals surface area (Å²) in [6.07, 6.45) is 3.91. The van der Waals surface area contributed by atoms with Crippen molar-refractivity contribution in [3.63, 3.8) is 0 Å². The molecule has 0 aliphatic heterocycles. The molecule has 5 heteroatoms. The Balaban J connectivity index is 1.70. The van der Waals surface area contributed by atoms with Gasteiger partial charge in [-0.05, 0) is 36.9 Å². The Bertz CT molecular complexity index is 1070. The molecule has 0 aliphatic rings. The van der Waals surface area contributed by atoms with Gasteiger partial charge >= 0.3 is 0 Å². The summed E-state index contributed by atoms with van der Waals surface area (Å²) in [6, 6.07) is 13.8. The van der Waals surface area contributed by atoms with Crippen molar-refractivity contribution in [2.45, 2.75) is 6.42 Å². The van der Waals surface area contributed by atoms with Crippen LogP contribution in [0.4, 0.5) is 0 Å². The molecule has 0 bridgehead atoms. The van der Waals surface area contributed by atoms with Crippen LogP contribution < -0.4 is 5.73 Å². The average Bonchev–Trinajstić information content (AvgIpc) is 3.30. The first-order chi connectivity index (χ1) is 12.3. The van der Waals surface area contributed by atoms with E-state index in [2.05, 4.69) is 26.8 Å². The molecule has 0 radical (unpaired) electrons. The minimum absolute atomic E-state index is 0.564. The lowest BCUT2D eigenvalue weighted by Gasteiger charge is -1.96. The molecule has 25 heavy (non-hydrogen) atoms. The van der Waals surface area contributed by atoms with Gasteiger partial charge in [-0.15, -0.1) is 0 Å². The Morgan fingerprint density at radius 3 is 2.88 bits per heavy atom. The molecule has 4 aromatic rings. The SMILES string of the molecule is NCCc1nc2c(C#Cc3cccc(-c4ncco4)c3)cccc2[nH]1. The first-order valence-electron chi connectivity index (χ1n) is 8.03. The second-order valence-electron chi connectivity index (χ2n) is 5.59. The highest BCUT2D eigenvalue weighted by Crippen LogP contribution is 2.19. The van der Waals surface area contributed by atoms with Crippen LogP contribution in [0.25, 0.3) is 22.5 Å². The molecule has 5 nitrogen and oxygen atoms in total. The summed E-state index contributed by atoms with van der Waals surface area (Å²) in [5.41, 5.74) is 10.1. The molecule has 0 unspecified atom stereocenters. The number of rotatable bonds is 3. The number of H-pyrrole nitrogens is 1. The van der Waals surface area contributed by atoms with Gasteiger partial charge in [-0.3, -0.25) is 0 Å². The molecule has 2 aromatic carbocycles. The molecule has 2 heterocycles. The fraction of sp³-hybridized carbons (Fsp3) is 0.100. The first kappa shape index (κ1) is 15.2. The lowest BCUT2D eigenvalue weighted by atomic mass is 10.1. The maximum atomic E-state index is 5.61. The number of aromatic amines is 1. The summed E-state index contributed by atoms with van der Waals surface area (Å²) in [4.78, 5) is 12.1. The van der Waals surface area contributed by atoms with Crippen molar-refractivity contribution < 1.29 is 4.42 Å². The average molecular weight is 328 g/mol. The second kappa shape index (κ2) is 6.63. The van der Waals surface area contributed by atoms with Crippen molar-refractivity contribution in [2.24, 2.45) is 5.73 Å². The van der Waals surface area contributed by atoms with Crippen LogP contribution in [-0.4, -0.2) is 21.5 Å². The summed E-state index contributed by atoms with van der Waals surface area (Å²) in [7, 11) is 0. The number of nitrogens with two attached hydrogens (primary N) is 1. The molecule has 0 fully saturated rings. The number of hydrogen-bond acceptors (Lipinski definition) is 4. The Hall–Kier alpha value is -3.36. The number of aromatic nitrogens is 3. The van der Waals surface area contributed by atoms with Crippen LogP contribution in [0.5, 0.6) is 0 Å². The van der Waals surface area contributed by atoms with Crippen LogP contribution >= 0.6 is 0 Å². The number of hydrogen-bond donors (Lipinski definition) is 2. The van der Waals surface area contributed by atoms with Crippen LogP contribution in [0.1, 0.15) is 17.0 Å². The number of nitrogens with one attached hydrogen (secondary N) is 1. The van der Waals surface area contributed by atoms with E-state index < -0.39 is 0 Å². The van der Waals surface area contributed by atoms with E-state index in [1.54, 1.807) is 12.5 Å². The number of fused-ring (bicyclic) bond motifs is 1. The van der Waals surface area contributed by atoms with Gasteiger partial charge < -0.3 is 15.1 Å². The Labute approximate surface area is 144 Å². The third kappa shape index (κ3) is 3.16. The maximum Gasteiger partial charge on any atom is 0.225 e. The molecule has 0 spiro atoms. The van der Waals surface area contributed by atoms with E-state index in [1.807, 2.05) is 42.5 Å². The topological polar surface area (TPSA) is 80.7 Å². The zero-order valence-electron chi connectivity index (χ0n) is 13.5. The van der Waals surface area contributed by atoms with Crippen LogP contribution in [0.2, 0.25) is 0 Å². The molecular weight excluding hydrogens is 312 g/mol. The number of nitrogens with zero attached hydrogens (tertiary/aromatic N) is 2. The molecule has 3 N–H and O–H groups in total. The van der Waals surface area contributed by atoms with Crippen LogP contribution in [0.3, 0.4) is 0 Å². The summed E-state index contributed by atoms with van der Waals surface area (Å²) in [5.74, 6) is 7.89. The zero-order chi connectivity index (χ0) is 17.1. The fourth-order valence-corrected chi connectivity index (χ4v) is 2.67. The van der Waals surface area contributed by atoms with Gasteiger partial charge in [0.25, 0.3) is 0 Å². The molecular formula is C20H16N4O. The van der Waals surface area contributed by atoms with E-state index in [1.165, 1.54) is 0 Å². The van der Waals surface area contributed by atoms with Gasteiger partial charge in [0.05, 0.1) is 17.3 Å². The highest BCUT2D eigenvalue weighted by Gasteiger charge is 2.05. The molecule has 0 atom stereocenters. The van der Waals surface area contributed by atoms with E-state index in [0.717, 1.165) is 40.0 Å². The third-order valence-electron chi connectivity index (χ3n) is 3.83. The molecule has 0 amide bonds. The monoisotopic (exact) mass is 328 g/mol. The summed E-state index contributed by atoms with van der Waals surface area (Å²) in [5, 5.41) is 0. The normalized spacial score (nSPS) is 10.6. The van der Waals surface area contributed by atoms with Crippen molar-refractivity contribution in [3.05, 3.63) is 71.9 Å². The Kier molecular flexibility index (Phi) is 4.03. The first-order valence-corrected chi connectivity index (χ1v) is 8.03. The van der Waals surface area contributed by atoms with Gasteiger partial charge in [0.1, 0.15) is 17.6 Å². The predicted octanol–water partition coefficient (Wildman–Crippen LogP) is 3.12. The Morgan fingerprint density at radius 2 is 2.04 bits per heavy atom. The minimum atomic E-state index is 0.564. The molecule has 122 valence electrons. The van der Waals surface area contributed by atoms with Crippen molar-refractivity contribution in [1.82, 2.24) is 15.0 Å². The lowest BCUT2D eigenvalue weighted by molar-refractivity contribution is 0.574. The van der Waals surface area contributed by atoms with E-state index in [0.29, 0.717) is 12.4 Å². The lowest BCUT2D eigenvalue weighted by Crippen LogP contribution is -2.03. The van der Waals surface area contributed by atoms with Gasteiger partial charge in [0.15, 0.2) is 0 Å². The van der Waals surface area contributed by atoms with Crippen LogP contribution in [-0.2, 0) is 6.42 Å². The Morgan fingerprint density at radius 1 is 1.12 bits per heavy atom. The highest BCUT2D eigenvalue weighted by atomic mass is 16.3. The van der Waals surface area contributed by atoms with Gasteiger partial charge in [-0.1, -0.05) is 24.0 Å². The van der Waals surface area contributed by atoms with Gasteiger partial charge in [-0.25, -0.2) is 9.97 Å². The molecule has 4 rings (SSSR count). The number of para-hydroxylation sites is 1. The predicted molar refractivity (Wildman–Crippen MR) is 96.8 cm³/mol. The molecule has 0 saturated heterocycles. The van der Waals surface area contributed by atoms with E-state index >= 15 is 0 Å². The van der Waals surface area contributed by atoms with Crippen LogP contribution in [0, 0.1) is 11.8 Å². The number of benzene rings is 2. The summed E-state index contributed by atoms with van der Waals surface area (Å²) >= 11 is 0. The fourth-order valence-electron chi connectivity index (χ4n) is 2.67. The van der Waals surface area contributed by atoms with E-state index in [4.69, 9.17) is 10.2 Å². The summed E-state index contributed by atoms with van der Waals surface area (Å²) < 4.78 is 5.34. The highest BCUT2D eigenvalue weighted by molar-refractivity contribution is 5.82. The summed E-state index contributed by atoms with van der Waals surface area (Å²) in [6.45, 7) is 0.564. The zero-order valence-corrected chi connectivity index (χ0v) is 13.5. The van der Waals surface area contributed by atoms with Crippen LogP contribution in [0.15, 0.2) is 59.3 Å². The van der Waals surface area contributed by atoms with E-state index in [-0.39, 0.29) is 0 Å². The number of oxazole rings is 1. The molecule has 2 aromatic heterocycles. The standard InChI is InChI=1S/C20H16N4O/c21-10-9-18-23-17-6-2-4-15(19(17)24-18)8-7-14-3-1-5-16(13-14)20-22-11-12-25-20/h1-6,11-13H,9-10,21H2,(H,23,24). The maximum absolute atomic E-state index is 5.61. The second-order valence-corrected chi connectivity index (χ2v) is 5.59. The van der Waals surface area contributed by atoms with Crippen molar-refractivity contribution in [3.8, 4) is 23.3 Å². The van der Waals surface area contributed by atoms with Gasteiger partial charge in [-0.2, -0.15) is 0 Å². The minimum Gasteiger partial charge on any atom is -0.445 e. The van der Waals surface area contributed by atoms with E-state index in [9.17, 15) is 0 Å². The van der Waals surface area contributed by atoms with Crippen molar-refractivity contribution in [2.75, 3.05) is 6.54 Å². The largest absolute Gasteiger partial charge is 0.445 e. The number of imidazole rings is 1. The molecule has 0 aliphatic carbocycles. The quantitative estimate of drug-likeness (QED) is 0.566. The van der Waals surface area contributed by atoms with Crippen molar-refractivity contribution >= 4 is 11.0 Å². The van der Waals surface area contributed by atoms with Gasteiger partial charge in [0.2, 0.25) is 5.89 Å². The molecule has 0 saturated carbocycles. The smallest absolute Gasteiger partial charge is 0.225 e. The third-order valence-corrected chi connectivity index (χ3v) is 3.83. The van der Waals surface area contributed by atoms with Gasteiger partial charge in [0, 0.05) is 17.5 Å².